The summed E-state index contributed by atoms with van der Waals surface area (Å²) in [4.78, 5) is 54.3. The van der Waals surface area contributed by atoms with E-state index < -0.39 is 29.7 Å². The third kappa shape index (κ3) is 6.11. The van der Waals surface area contributed by atoms with Crippen molar-refractivity contribution in [2.75, 3.05) is 7.05 Å². The Labute approximate surface area is 173 Å². The Bertz CT molecular complexity index is 992. The van der Waals surface area contributed by atoms with Crippen LogP contribution in [0.3, 0.4) is 0 Å². The molecule has 2 atom stereocenters. The monoisotopic (exact) mass is 413 g/mol. The minimum atomic E-state index is -0.968. The normalized spacial score (nSPS) is 12.3. The Hall–Kier alpha value is -3.78. The second-order valence-corrected chi connectivity index (χ2v) is 6.76. The lowest BCUT2D eigenvalue weighted by Gasteiger charge is -2.22. The van der Waals surface area contributed by atoms with Crippen molar-refractivity contribution in [2.24, 2.45) is 0 Å². The van der Waals surface area contributed by atoms with Crippen molar-refractivity contribution in [3.63, 3.8) is 0 Å². The van der Waals surface area contributed by atoms with E-state index in [1.54, 1.807) is 6.20 Å². The van der Waals surface area contributed by atoms with Gasteiger partial charge in [0.25, 0.3) is 0 Å². The van der Waals surface area contributed by atoms with E-state index in [0.717, 1.165) is 22.7 Å². The lowest BCUT2D eigenvalue weighted by atomic mass is 10.0. The zero-order valence-corrected chi connectivity index (χ0v) is 16.8. The third-order valence-electron chi connectivity index (χ3n) is 4.56. The summed E-state index contributed by atoms with van der Waals surface area (Å²) in [5, 5.41) is 8.61. The van der Waals surface area contributed by atoms with Crippen LogP contribution in [0.1, 0.15) is 25.3 Å². The summed E-state index contributed by atoms with van der Waals surface area (Å²) in [6.07, 6.45) is 2.83. The minimum Gasteiger partial charge on any atom is -0.361 e. The first-order valence-electron chi connectivity index (χ1n) is 9.42. The number of hydrogen-bond acceptors (Lipinski definition) is 5. The third-order valence-corrected chi connectivity index (χ3v) is 4.56. The average molecular weight is 413 g/mol. The van der Waals surface area contributed by atoms with Gasteiger partial charge < -0.3 is 20.9 Å². The minimum absolute atomic E-state index is 0.0378. The SMILES string of the molecule is CNC(=O)[C@H](CCC(=O)C=[N+]=N)NC(=O)[C@H](Cc1c[nH]c2ccccc12)NC(C)=O. The van der Waals surface area contributed by atoms with Gasteiger partial charge in [0.15, 0.2) is 0 Å². The number of amides is 3. The number of aromatic amines is 1. The molecule has 158 valence electrons. The standard InChI is InChI=1S/C20H24N6O4/c1-12(27)25-18(9-13-10-23-16-6-4-3-5-15(13)16)20(30)26-17(19(29)22-2)8-7-14(28)11-24-21/h3-6,10-11,17-18,21,23H,7-9H2,1-2H3,(H2-,22,25,26,27,29,30)/p+1/t17-,18-/m0/s1. The topological polar surface area (TPSA) is 158 Å². The summed E-state index contributed by atoms with van der Waals surface area (Å²) in [6.45, 7) is 1.31. The van der Waals surface area contributed by atoms with Gasteiger partial charge in [0.2, 0.25) is 23.5 Å². The lowest BCUT2D eigenvalue weighted by molar-refractivity contribution is -0.133. The second-order valence-electron chi connectivity index (χ2n) is 6.76. The molecule has 0 spiro atoms. The Balaban J connectivity index is 2.17. The van der Waals surface area contributed by atoms with Gasteiger partial charge in [-0.2, -0.15) is 0 Å². The van der Waals surface area contributed by atoms with E-state index in [2.05, 4.69) is 25.7 Å². The summed E-state index contributed by atoms with van der Waals surface area (Å²) in [5.41, 5.74) is 8.44. The van der Waals surface area contributed by atoms with Crippen molar-refractivity contribution < 1.29 is 24.0 Å². The van der Waals surface area contributed by atoms with Crippen molar-refractivity contribution in [3.8, 4) is 0 Å². The molecule has 0 saturated carbocycles. The van der Waals surface area contributed by atoms with E-state index in [0.29, 0.717) is 0 Å². The molecule has 1 aromatic heterocycles. The number of H-pyrrole nitrogens is 1. The first kappa shape index (κ1) is 22.5. The zero-order valence-electron chi connectivity index (χ0n) is 16.8. The summed E-state index contributed by atoms with van der Waals surface area (Å²) < 4.78 is 0. The van der Waals surface area contributed by atoms with E-state index in [4.69, 9.17) is 5.53 Å². The van der Waals surface area contributed by atoms with Gasteiger partial charge in [0, 0.05) is 43.9 Å². The number of likely N-dealkylation sites (N-methyl/N-ethyl adjacent to an activating group) is 1. The molecular formula is C20H25N6O4+. The molecular weight excluding hydrogens is 388 g/mol. The van der Waals surface area contributed by atoms with Crippen LogP contribution in [0.25, 0.3) is 10.9 Å². The van der Waals surface area contributed by atoms with Crippen molar-refractivity contribution in [1.82, 2.24) is 20.9 Å². The number of hydrogen-bond donors (Lipinski definition) is 5. The molecule has 0 fully saturated rings. The maximum atomic E-state index is 12.9. The van der Waals surface area contributed by atoms with Crippen LogP contribution < -0.4 is 16.0 Å². The fourth-order valence-electron chi connectivity index (χ4n) is 3.11. The van der Waals surface area contributed by atoms with Crippen LogP contribution in [0, 0.1) is 5.53 Å². The molecule has 1 heterocycles. The van der Waals surface area contributed by atoms with E-state index in [1.807, 2.05) is 24.3 Å². The number of rotatable bonds is 10. The highest BCUT2D eigenvalue weighted by atomic mass is 16.2. The maximum Gasteiger partial charge on any atom is 0.372 e. The first-order chi connectivity index (χ1) is 14.3. The molecule has 0 unspecified atom stereocenters. The summed E-state index contributed by atoms with van der Waals surface area (Å²) in [6, 6.07) is 5.72. The van der Waals surface area contributed by atoms with Crippen LogP contribution in [0.2, 0.25) is 0 Å². The fraction of sp³-hybridized carbons (Fsp3) is 0.350. The Morgan fingerprint density at radius 1 is 1.13 bits per heavy atom. The molecule has 2 rings (SSSR count). The first-order valence-corrected chi connectivity index (χ1v) is 9.42. The quantitative estimate of drug-likeness (QED) is 0.213. The van der Waals surface area contributed by atoms with Gasteiger partial charge in [0.1, 0.15) is 12.1 Å². The van der Waals surface area contributed by atoms with E-state index >= 15 is 0 Å². The zero-order chi connectivity index (χ0) is 22.1. The predicted molar refractivity (Wildman–Crippen MR) is 109 cm³/mol. The number of Topliss-reactive ketones (excluding diaryl/α,β-unsaturated/α-hetero) is 1. The molecule has 0 aliphatic carbocycles. The van der Waals surface area contributed by atoms with Crippen molar-refractivity contribution in [1.29, 1.82) is 5.53 Å². The highest BCUT2D eigenvalue weighted by Crippen LogP contribution is 2.19. The van der Waals surface area contributed by atoms with Gasteiger partial charge in [-0.05, 0) is 18.1 Å². The molecule has 10 nitrogen and oxygen atoms in total. The molecule has 1 aromatic carbocycles. The molecule has 3 amide bonds. The molecule has 5 N–H and O–H groups in total. The second kappa shape index (κ2) is 10.7. The van der Waals surface area contributed by atoms with Gasteiger partial charge in [0.05, 0.1) is 10.3 Å². The van der Waals surface area contributed by atoms with Crippen molar-refractivity contribution >= 4 is 40.6 Å². The fourth-order valence-corrected chi connectivity index (χ4v) is 3.11. The molecule has 0 aliphatic heterocycles. The molecule has 0 radical (unpaired) electrons. The van der Waals surface area contributed by atoms with Crippen LogP contribution in [0.15, 0.2) is 30.5 Å². The molecule has 0 aliphatic rings. The Morgan fingerprint density at radius 2 is 1.87 bits per heavy atom. The molecule has 10 heteroatoms. The lowest BCUT2D eigenvalue weighted by Crippen LogP contribution is -2.53. The number of aromatic nitrogens is 1. The highest BCUT2D eigenvalue weighted by molar-refractivity contribution is 6.25. The largest absolute Gasteiger partial charge is 0.372 e. The van der Waals surface area contributed by atoms with E-state index in [-0.39, 0.29) is 25.2 Å². The summed E-state index contributed by atoms with van der Waals surface area (Å²) in [5.74, 6) is -1.81. The number of ketones is 1. The molecule has 0 saturated heterocycles. The number of nitrogens with one attached hydrogen (secondary N) is 5. The van der Waals surface area contributed by atoms with Crippen LogP contribution in [-0.4, -0.2) is 58.6 Å². The average Bonchev–Trinajstić information content (AvgIpc) is 3.12. The van der Waals surface area contributed by atoms with Gasteiger partial charge in [-0.1, -0.05) is 18.2 Å². The Kier molecular flexibility index (Phi) is 8.01. The van der Waals surface area contributed by atoms with Crippen LogP contribution in [-0.2, 0) is 25.6 Å². The molecule has 2 aromatic rings. The van der Waals surface area contributed by atoms with Crippen LogP contribution >= 0.6 is 0 Å². The van der Waals surface area contributed by atoms with E-state index in [1.165, 1.54) is 14.0 Å². The summed E-state index contributed by atoms with van der Waals surface area (Å²) in [7, 11) is 1.42. The molecule has 0 bridgehead atoms. The number of carbonyl (C=O) groups excluding carboxylic acids is 4. The number of carbonyl (C=O) groups is 4. The van der Waals surface area contributed by atoms with Crippen molar-refractivity contribution in [3.05, 3.63) is 36.0 Å². The predicted octanol–water partition coefficient (Wildman–Crippen LogP) is 0.105. The molecule has 30 heavy (non-hydrogen) atoms. The van der Waals surface area contributed by atoms with Gasteiger partial charge in [-0.15, -0.1) is 0 Å². The van der Waals surface area contributed by atoms with Gasteiger partial charge >= 0.3 is 6.21 Å². The van der Waals surface area contributed by atoms with E-state index in [9.17, 15) is 19.2 Å². The maximum absolute atomic E-state index is 12.9. The van der Waals surface area contributed by atoms with Crippen LogP contribution in [0.5, 0.6) is 0 Å². The van der Waals surface area contributed by atoms with Crippen LogP contribution in [0.4, 0.5) is 0 Å². The van der Waals surface area contributed by atoms with Crippen molar-refractivity contribution in [2.45, 2.75) is 38.3 Å². The summed E-state index contributed by atoms with van der Waals surface area (Å²) >= 11 is 0. The van der Waals surface area contributed by atoms with Gasteiger partial charge in [-0.25, -0.2) is 0 Å². The Morgan fingerprint density at radius 3 is 2.53 bits per heavy atom. The highest BCUT2D eigenvalue weighted by Gasteiger charge is 2.27. The number of benzene rings is 1. The number of fused-ring (bicyclic) bond motifs is 1. The van der Waals surface area contributed by atoms with Gasteiger partial charge in [-0.3, -0.25) is 19.2 Å². The number of para-hydroxylation sites is 1. The smallest absolute Gasteiger partial charge is 0.361 e. The number of nitrogens with zero attached hydrogens (tertiary/aromatic N) is 1.